The number of carbonyl (C=O) groups excluding carboxylic acids is 1. The van der Waals surface area contributed by atoms with Crippen molar-refractivity contribution < 1.29 is 4.79 Å². The Hall–Kier alpha value is -4.04. The number of aromatic amines is 1. The third kappa shape index (κ3) is 3.62. The van der Waals surface area contributed by atoms with Gasteiger partial charge in [0.1, 0.15) is 0 Å². The Labute approximate surface area is 195 Å². The highest BCUT2D eigenvalue weighted by Crippen LogP contribution is 2.29. The average Bonchev–Trinajstić information content (AvgIpc) is 3.21. The molecule has 3 heterocycles. The lowest BCUT2D eigenvalue weighted by Gasteiger charge is -2.27. The van der Waals surface area contributed by atoms with Crippen LogP contribution in [0.3, 0.4) is 0 Å². The lowest BCUT2D eigenvalue weighted by molar-refractivity contribution is 0.0962. The highest BCUT2D eigenvalue weighted by molar-refractivity contribution is 6.05. The molecule has 170 valence electrons. The van der Waals surface area contributed by atoms with E-state index in [0.29, 0.717) is 23.4 Å². The first-order chi connectivity index (χ1) is 16.7. The van der Waals surface area contributed by atoms with Crippen molar-refractivity contribution >= 4 is 27.6 Å². The van der Waals surface area contributed by atoms with E-state index in [1.807, 2.05) is 65.4 Å². The number of rotatable bonds is 5. The minimum absolute atomic E-state index is 0.0125. The van der Waals surface area contributed by atoms with Gasteiger partial charge in [-0.2, -0.15) is 10.2 Å². The zero-order valence-corrected chi connectivity index (χ0v) is 18.5. The van der Waals surface area contributed by atoms with E-state index < -0.39 is 0 Å². The summed E-state index contributed by atoms with van der Waals surface area (Å²) in [5.74, 6) is 0.333. The maximum atomic E-state index is 13.1. The van der Waals surface area contributed by atoms with E-state index in [1.54, 1.807) is 6.07 Å². The van der Waals surface area contributed by atoms with Crippen molar-refractivity contribution in [3.63, 3.8) is 0 Å². The first kappa shape index (κ1) is 20.6. The van der Waals surface area contributed by atoms with E-state index in [4.69, 9.17) is 0 Å². The minimum Gasteiger partial charge on any atom is -0.321 e. The van der Waals surface area contributed by atoms with Crippen LogP contribution in [-0.2, 0) is 6.54 Å². The van der Waals surface area contributed by atoms with Gasteiger partial charge in [0.2, 0.25) is 0 Å². The molecule has 2 aromatic heterocycles. The van der Waals surface area contributed by atoms with Crippen molar-refractivity contribution in [3.8, 4) is 0 Å². The third-order valence-electron chi connectivity index (χ3n) is 6.60. The molecule has 1 aliphatic carbocycles. The summed E-state index contributed by atoms with van der Waals surface area (Å²) >= 11 is 0. The zero-order valence-electron chi connectivity index (χ0n) is 18.5. The Morgan fingerprint density at radius 3 is 2.56 bits per heavy atom. The minimum atomic E-state index is -0.219. The van der Waals surface area contributed by atoms with Crippen LogP contribution in [0.25, 0.3) is 21.7 Å². The summed E-state index contributed by atoms with van der Waals surface area (Å²) in [6, 6.07) is 15.3. The maximum Gasteiger partial charge on any atom is 0.276 e. The number of fused-ring (bicyclic) bond motifs is 2. The van der Waals surface area contributed by atoms with Crippen molar-refractivity contribution in [2.24, 2.45) is 5.92 Å². The molecule has 2 aromatic carbocycles. The molecule has 0 spiro atoms. The molecule has 1 aliphatic heterocycles. The number of hydrogen-bond acceptors (Lipinski definition) is 5. The summed E-state index contributed by atoms with van der Waals surface area (Å²) < 4.78 is 1.95. The lowest BCUT2D eigenvalue weighted by atomic mass is 9.93. The number of benzene rings is 2. The van der Waals surface area contributed by atoms with E-state index in [1.165, 1.54) is 0 Å². The van der Waals surface area contributed by atoms with Crippen molar-refractivity contribution in [3.05, 3.63) is 94.2 Å². The molecule has 1 unspecified atom stereocenters. The van der Waals surface area contributed by atoms with Crippen LogP contribution in [-0.4, -0.2) is 39.0 Å². The SMILES string of the molecule is O=C(NC1=CCC(c2n[nH]c(=O)c3ccccc23)C=C1)c1nn(CC2CNC2)c2ccccc12. The Morgan fingerprint density at radius 2 is 1.82 bits per heavy atom. The zero-order chi connectivity index (χ0) is 23.1. The second kappa shape index (κ2) is 8.39. The van der Waals surface area contributed by atoms with E-state index in [2.05, 4.69) is 25.9 Å². The molecular weight excluding hydrogens is 428 g/mol. The average molecular weight is 453 g/mol. The first-order valence-electron chi connectivity index (χ1n) is 11.5. The molecule has 1 saturated heterocycles. The predicted molar refractivity (Wildman–Crippen MR) is 131 cm³/mol. The predicted octanol–water partition coefficient (Wildman–Crippen LogP) is 2.85. The van der Waals surface area contributed by atoms with Crippen LogP contribution in [0.1, 0.15) is 28.5 Å². The first-order valence-corrected chi connectivity index (χ1v) is 11.5. The van der Waals surface area contributed by atoms with Crippen LogP contribution in [0.4, 0.5) is 0 Å². The van der Waals surface area contributed by atoms with Crippen LogP contribution >= 0.6 is 0 Å². The number of nitrogens with zero attached hydrogens (tertiary/aromatic N) is 3. The number of hydrogen-bond donors (Lipinski definition) is 3. The second-order valence-corrected chi connectivity index (χ2v) is 8.87. The van der Waals surface area contributed by atoms with Gasteiger partial charge in [-0.3, -0.25) is 14.3 Å². The van der Waals surface area contributed by atoms with E-state index in [9.17, 15) is 9.59 Å². The monoisotopic (exact) mass is 452 g/mol. The van der Waals surface area contributed by atoms with Crippen molar-refractivity contribution in [2.45, 2.75) is 18.9 Å². The quantitative estimate of drug-likeness (QED) is 0.432. The van der Waals surface area contributed by atoms with Gasteiger partial charge < -0.3 is 10.6 Å². The number of nitrogens with one attached hydrogen (secondary N) is 3. The molecule has 6 rings (SSSR count). The molecule has 1 atom stereocenters. The van der Waals surface area contributed by atoms with Crippen LogP contribution in [0.15, 0.2) is 77.3 Å². The molecule has 1 fully saturated rings. The maximum absolute atomic E-state index is 13.1. The molecule has 34 heavy (non-hydrogen) atoms. The third-order valence-corrected chi connectivity index (χ3v) is 6.60. The number of aromatic nitrogens is 4. The number of carbonyl (C=O) groups is 1. The fourth-order valence-electron chi connectivity index (χ4n) is 4.68. The number of para-hydroxylation sites is 1. The van der Waals surface area contributed by atoms with Gasteiger partial charge in [0, 0.05) is 47.9 Å². The molecule has 0 bridgehead atoms. The van der Waals surface area contributed by atoms with Crippen LogP contribution in [0.2, 0.25) is 0 Å². The Balaban J connectivity index is 1.22. The molecule has 4 aromatic rings. The van der Waals surface area contributed by atoms with Gasteiger partial charge >= 0.3 is 0 Å². The largest absolute Gasteiger partial charge is 0.321 e. The molecular formula is C26H24N6O2. The molecule has 0 saturated carbocycles. The summed E-state index contributed by atoms with van der Waals surface area (Å²) in [6.45, 7) is 2.76. The van der Waals surface area contributed by atoms with Gasteiger partial charge in [-0.25, -0.2) is 5.10 Å². The molecule has 8 nitrogen and oxygen atoms in total. The fraction of sp³-hybridized carbons (Fsp3) is 0.231. The van der Waals surface area contributed by atoms with E-state index in [0.717, 1.165) is 47.3 Å². The molecule has 2 aliphatic rings. The summed E-state index contributed by atoms with van der Waals surface area (Å²) in [7, 11) is 0. The highest BCUT2D eigenvalue weighted by atomic mass is 16.2. The Morgan fingerprint density at radius 1 is 1.06 bits per heavy atom. The van der Waals surface area contributed by atoms with Crippen molar-refractivity contribution in [1.29, 1.82) is 0 Å². The topological polar surface area (TPSA) is 105 Å². The second-order valence-electron chi connectivity index (χ2n) is 8.87. The number of amides is 1. The van der Waals surface area contributed by atoms with Crippen LogP contribution in [0, 0.1) is 5.92 Å². The summed E-state index contributed by atoms with van der Waals surface area (Å²) in [6.07, 6.45) is 6.57. The van der Waals surface area contributed by atoms with E-state index in [-0.39, 0.29) is 17.4 Å². The van der Waals surface area contributed by atoms with Crippen molar-refractivity contribution in [2.75, 3.05) is 13.1 Å². The van der Waals surface area contributed by atoms with Crippen LogP contribution in [0.5, 0.6) is 0 Å². The Bertz CT molecular complexity index is 1530. The van der Waals surface area contributed by atoms with Crippen molar-refractivity contribution in [1.82, 2.24) is 30.6 Å². The van der Waals surface area contributed by atoms with Gasteiger partial charge in [0.15, 0.2) is 5.69 Å². The van der Waals surface area contributed by atoms with Gasteiger partial charge in [-0.15, -0.1) is 0 Å². The van der Waals surface area contributed by atoms with Gasteiger partial charge in [0.25, 0.3) is 11.5 Å². The molecule has 0 radical (unpaired) electrons. The molecule has 3 N–H and O–H groups in total. The van der Waals surface area contributed by atoms with E-state index >= 15 is 0 Å². The fourth-order valence-corrected chi connectivity index (χ4v) is 4.68. The highest BCUT2D eigenvalue weighted by Gasteiger charge is 2.23. The van der Waals surface area contributed by atoms with Crippen LogP contribution < -0.4 is 16.2 Å². The summed E-state index contributed by atoms with van der Waals surface area (Å²) in [5, 5.41) is 20.2. The normalized spacial score (nSPS) is 18.1. The van der Waals surface area contributed by atoms with Gasteiger partial charge in [-0.05, 0) is 24.6 Å². The Kier molecular flexibility index (Phi) is 5.07. The lowest BCUT2D eigenvalue weighted by Crippen LogP contribution is -2.44. The molecule has 1 amide bonds. The summed E-state index contributed by atoms with van der Waals surface area (Å²) in [5.41, 5.74) is 2.78. The number of H-pyrrole nitrogens is 1. The smallest absolute Gasteiger partial charge is 0.276 e. The standard InChI is InChI=1S/C26H24N6O2/c33-25-20-6-2-1-5-19(20)23(29-30-25)17-9-11-18(12-10-17)28-26(34)24-21-7-3-4-8-22(21)32(31-24)15-16-13-27-14-16/h1-9,11-12,16-17,27H,10,13-15H2,(H,28,34)(H,30,33). The van der Waals surface area contributed by atoms with Gasteiger partial charge in [-0.1, -0.05) is 48.6 Å². The van der Waals surface area contributed by atoms with Gasteiger partial charge in [0.05, 0.1) is 16.6 Å². The number of allylic oxidation sites excluding steroid dienone is 3. The summed E-state index contributed by atoms with van der Waals surface area (Å²) in [4.78, 5) is 25.2. The molecule has 8 heteroatoms.